The summed E-state index contributed by atoms with van der Waals surface area (Å²) in [6.45, 7) is 9.54. The summed E-state index contributed by atoms with van der Waals surface area (Å²) in [5.41, 5.74) is 0. The molecule has 606 valence electrons. The third-order valence-electron chi connectivity index (χ3n) is 20.2. The van der Waals surface area contributed by atoms with Crippen molar-refractivity contribution in [2.45, 2.75) is 458 Å². The number of phosphoric acid groups is 2. The molecule has 0 aliphatic rings. The molecule has 4 unspecified atom stereocenters. The number of aliphatic hydroxyl groups excluding tert-OH is 1. The second kappa shape index (κ2) is 74.5. The van der Waals surface area contributed by atoms with Crippen LogP contribution in [0.25, 0.3) is 0 Å². The molecule has 0 radical (unpaired) electrons. The Labute approximate surface area is 626 Å². The number of hydrogen-bond acceptors (Lipinski definition) is 15. The average molecular weight is 1490 g/mol. The minimum Gasteiger partial charge on any atom is -0.462 e. The van der Waals surface area contributed by atoms with Gasteiger partial charge >= 0.3 is 39.5 Å². The Balaban J connectivity index is 5.18. The molecule has 0 aromatic heterocycles. The van der Waals surface area contributed by atoms with Crippen molar-refractivity contribution in [1.82, 2.24) is 0 Å². The molecule has 19 heteroatoms. The lowest BCUT2D eigenvalue weighted by molar-refractivity contribution is -0.161. The average Bonchev–Trinajstić information content (AvgIpc) is 1.24. The molecule has 0 heterocycles. The maximum absolute atomic E-state index is 13.1. The quantitative estimate of drug-likeness (QED) is 0.0222. The minimum atomic E-state index is -4.96. The second-order valence-electron chi connectivity index (χ2n) is 30.4. The maximum atomic E-state index is 13.1. The van der Waals surface area contributed by atoms with Crippen LogP contribution in [0.4, 0.5) is 0 Å². The zero-order valence-electron chi connectivity index (χ0n) is 66.9. The van der Waals surface area contributed by atoms with Crippen LogP contribution in [0.15, 0.2) is 0 Å². The van der Waals surface area contributed by atoms with Gasteiger partial charge in [-0.05, 0) is 37.5 Å². The lowest BCUT2D eigenvalue weighted by atomic mass is 10.00. The number of carbonyl (C=O) groups is 4. The summed E-state index contributed by atoms with van der Waals surface area (Å²) in [6, 6.07) is 0. The smallest absolute Gasteiger partial charge is 0.462 e. The van der Waals surface area contributed by atoms with Crippen molar-refractivity contribution in [3.8, 4) is 0 Å². The van der Waals surface area contributed by atoms with Crippen LogP contribution in [-0.4, -0.2) is 96.7 Å². The van der Waals surface area contributed by atoms with Crippen LogP contribution in [0.2, 0.25) is 0 Å². The van der Waals surface area contributed by atoms with Crippen LogP contribution in [0, 0.1) is 11.8 Å². The van der Waals surface area contributed by atoms with Crippen molar-refractivity contribution in [1.29, 1.82) is 0 Å². The summed E-state index contributed by atoms with van der Waals surface area (Å²) in [4.78, 5) is 73.0. The Morgan fingerprint density at radius 2 is 0.471 bits per heavy atom. The first-order valence-electron chi connectivity index (χ1n) is 43.1. The molecule has 102 heavy (non-hydrogen) atoms. The Kier molecular flexibility index (Phi) is 73.1. The van der Waals surface area contributed by atoms with Gasteiger partial charge in [-0.1, -0.05) is 388 Å². The number of esters is 4. The number of rotatable bonds is 82. The second-order valence-corrected chi connectivity index (χ2v) is 33.3. The Morgan fingerprint density at radius 3 is 0.696 bits per heavy atom. The lowest BCUT2D eigenvalue weighted by Gasteiger charge is -2.21. The molecule has 7 atom stereocenters. The minimum absolute atomic E-state index is 0.102. The number of ether oxygens (including phenoxy) is 4. The van der Waals surface area contributed by atoms with Gasteiger partial charge in [-0.25, -0.2) is 9.13 Å². The van der Waals surface area contributed by atoms with Crippen LogP contribution in [0.1, 0.15) is 440 Å². The topological polar surface area (TPSA) is 237 Å². The van der Waals surface area contributed by atoms with Gasteiger partial charge in [0.25, 0.3) is 0 Å². The van der Waals surface area contributed by atoms with Gasteiger partial charge < -0.3 is 33.8 Å². The van der Waals surface area contributed by atoms with Crippen molar-refractivity contribution in [3.63, 3.8) is 0 Å². The molecule has 0 fully saturated rings. The molecule has 17 nitrogen and oxygen atoms in total. The summed E-state index contributed by atoms with van der Waals surface area (Å²) < 4.78 is 68.7. The number of unbranched alkanes of at least 4 members (excludes halogenated alkanes) is 50. The lowest BCUT2D eigenvalue weighted by Crippen LogP contribution is -2.30. The first-order chi connectivity index (χ1) is 49.4. The SMILES string of the molecule is CCCCCCCCCCCCCCCCCCCCCCCC(=O)OC[C@H](COP(=O)(O)OC[C@@H](O)COP(=O)(O)OC[C@@H](COC(=O)CCCCCCCCC(C)CC)OC(=O)CCCCCCCCC(C)CC)OC(=O)CCCCCCCCCCCCCCCCCCCCCCC. The van der Waals surface area contributed by atoms with E-state index in [4.69, 9.17) is 37.0 Å². The monoisotopic (exact) mass is 1490 g/mol. The molecular weight excluding hydrogens is 1330 g/mol. The van der Waals surface area contributed by atoms with Gasteiger partial charge in [0.1, 0.15) is 19.3 Å². The summed E-state index contributed by atoms with van der Waals surface area (Å²) in [5, 5.41) is 10.6. The van der Waals surface area contributed by atoms with E-state index in [0.717, 1.165) is 108 Å². The summed E-state index contributed by atoms with van der Waals surface area (Å²) in [7, 11) is -9.92. The van der Waals surface area contributed by atoms with Gasteiger partial charge in [0, 0.05) is 25.7 Å². The maximum Gasteiger partial charge on any atom is 0.472 e. The molecular formula is C83H162O17P2. The number of phosphoric ester groups is 2. The van der Waals surface area contributed by atoms with Crippen LogP contribution >= 0.6 is 15.6 Å². The van der Waals surface area contributed by atoms with E-state index in [1.165, 1.54) is 250 Å². The molecule has 0 saturated heterocycles. The fourth-order valence-electron chi connectivity index (χ4n) is 12.8. The highest BCUT2D eigenvalue weighted by atomic mass is 31.2. The first kappa shape index (κ1) is 100. The van der Waals surface area contributed by atoms with Crippen molar-refractivity contribution < 1.29 is 80.2 Å². The fourth-order valence-corrected chi connectivity index (χ4v) is 14.4. The summed E-state index contributed by atoms with van der Waals surface area (Å²) in [6.07, 6.45) is 65.7. The number of hydrogen-bond donors (Lipinski definition) is 3. The first-order valence-corrected chi connectivity index (χ1v) is 46.1. The highest BCUT2D eigenvalue weighted by Gasteiger charge is 2.30. The van der Waals surface area contributed by atoms with E-state index in [-0.39, 0.29) is 25.7 Å². The van der Waals surface area contributed by atoms with E-state index in [2.05, 4.69) is 41.5 Å². The molecule has 0 bridgehead atoms. The van der Waals surface area contributed by atoms with E-state index in [0.29, 0.717) is 25.7 Å². The van der Waals surface area contributed by atoms with Gasteiger partial charge in [-0.15, -0.1) is 0 Å². The van der Waals surface area contributed by atoms with Crippen LogP contribution in [0.5, 0.6) is 0 Å². The van der Waals surface area contributed by atoms with Gasteiger partial charge in [-0.2, -0.15) is 0 Å². The normalized spacial score (nSPS) is 14.4. The molecule has 0 aromatic carbocycles. The molecule has 0 aromatic rings. The predicted octanol–water partition coefficient (Wildman–Crippen LogP) is 25.1. The van der Waals surface area contributed by atoms with E-state index >= 15 is 0 Å². The highest BCUT2D eigenvalue weighted by molar-refractivity contribution is 7.47. The van der Waals surface area contributed by atoms with E-state index in [1.54, 1.807) is 0 Å². The standard InChI is InChI=1S/C83H162O17P2/c1-7-11-13-15-17-19-21-23-25-27-29-31-33-35-37-39-41-43-45-53-59-65-80(85)93-71-78(99-82(87)67-61-55-46-44-42-40-38-36-34-32-30-28-26-24-22-20-18-16-14-12-8-2)73-97-101(89,90)95-69-77(84)70-96-102(91,92)98-74-79(100-83(88)68-62-56-50-48-52-58-64-76(6)10-4)72-94-81(86)66-60-54-49-47-51-57-63-75(5)9-3/h75-79,84H,7-74H2,1-6H3,(H,89,90)(H,91,92)/t75?,76?,77-,78-,79-/m1/s1. The Morgan fingerprint density at radius 1 is 0.275 bits per heavy atom. The number of carbonyl (C=O) groups excluding carboxylic acids is 4. The zero-order chi connectivity index (χ0) is 74.9. The van der Waals surface area contributed by atoms with Crippen LogP contribution in [0.3, 0.4) is 0 Å². The third-order valence-corrected chi connectivity index (χ3v) is 22.1. The van der Waals surface area contributed by atoms with E-state index < -0.39 is 97.5 Å². The molecule has 0 aliphatic heterocycles. The van der Waals surface area contributed by atoms with Crippen LogP contribution < -0.4 is 0 Å². The van der Waals surface area contributed by atoms with Crippen molar-refractivity contribution in [2.75, 3.05) is 39.6 Å². The largest absolute Gasteiger partial charge is 0.472 e. The zero-order valence-corrected chi connectivity index (χ0v) is 68.7. The fraction of sp³-hybridized carbons (Fsp3) is 0.952. The van der Waals surface area contributed by atoms with E-state index in [1.807, 2.05) is 0 Å². The van der Waals surface area contributed by atoms with Crippen molar-refractivity contribution in [3.05, 3.63) is 0 Å². The van der Waals surface area contributed by atoms with Gasteiger partial charge in [-0.3, -0.25) is 37.3 Å². The van der Waals surface area contributed by atoms with Gasteiger partial charge in [0.05, 0.1) is 26.4 Å². The molecule has 0 saturated carbocycles. The summed E-state index contributed by atoms with van der Waals surface area (Å²) in [5.74, 6) is -0.663. The molecule has 0 amide bonds. The van der Waals surface area contributed by atoms with Gasteiger partial charge in [0.2, 0.25) is 0 Å². The number of aliphatic hydroxyl groups is 1. The van der Waals surface area contributed by atoms with Crippen molar-refractivity contribution in [2.24, 2.45) is 11.8 Å². The highest BCUT2D eigenvalue weighted by Crippen LogP contribution is 2.45. The molecule has 0 rings (SSSR count). The summed E-state index contributed by atoms with van der Waals surface area (Å²) >= 11 is 0. The third kappa shape index (κ3) is 73.6. The van der Waals surface area contributed by atoms with Crippen LogP contribution in [-0.2, 0) is 65.4 Å². The van der Waals surface area contributed by atoms with Gasteiger partial charge in [0.15, 0.2) is 12.2 Å². The van der Waals surface area contributed by atoms with E-state index in [9.17, 15) is 43.2 Å². The Bertz CT molecular complexity index is 1960. The predicted molar refractivity (Wildman–Crippen MR) is 418 cm³/mol. The molecule has 0 spiro atoms. The van der Waals surface area contributed by atoms with Crippen molar-refractivity contribution >= 4 is 39.5 Å². The molecule has 3 N–H and O–H groups in total. The Hall–Kier alpha value is -1.94. The molecule has 0 aliphatic carbocycles.